The fraction of sp³-hybridized carbons (Fsp3) is 0.350. The van der Waals surface area contributed by atoms with Crippen LogP contribution in [0.15, 0.2) is 48.5 Å². The second kappa shape index (κ2) is 7.93. The lowest BCUT2D eigenvalue weighted by Crippen LogP contribution is -2.88. The average molecular weight is 311 g/mol. The van der Waals surface area contributed by atoms with E-state index < -0.39 is 0 Å². The second-order valence-corrected chi connectivity index (χ2v) is 6.49. The van der Waals surface area contributed by atoms with Crippen LogP contribution in [0, 0.1) is 19.8 Å². The lowest BCUT2D eigenvalue weighted by Gasteiger charge is -2.19. The van der Waals surface area contributed by atoms with Crippen LogP contribution in [0.5, 0.6) is 0 Å². The van der Waals surface area contributed by atoms with E-state index in [1.807, 2.05) is 37.3 Å². The average Bonchev–Trinajstić information content (AvgIpc) is 2.51. The summed E-state index contributed by atoms with van der Waals surface area (Å²) >= 11 is 0. The molecule has 1 amide bonds. The molecule has 3 nitrogen and oxygen atoms in total. The predicted molar refractivity (Wildman–Crippen MR) is 95.4 cm³/mol. The Bertz CT molecular complexity index is 650. The number of carbonyl (C=O) groups is 1. The molecule has 0 aliphatic rings. The van der Waals surface area contributed by atoms with Gasteiger partial charge < -0.3 is 10.6 Å². The van der Waals surface area contributed by atoms with Crippen molar-refractivity contribution in [2.24, 2.45) is 5.92 Å². The summed E-state index contributed by atoms with van der Waals surface area (Å²) in [4.78, 5) is 12.3. The molecule has 23 heavy (non-hydrogen) atoms. The van der Waals surface area contributed by atoms with Gasteiger partial charge in [-0.15, -0.1) is 0 Å². The first-order valence-electron chi connectivity index (χ1n) is 8.22. The van der Waals surface area contributed by atoms with Crippen LogP contribution in [0.3, 0.4) is 0 Å². The van der Waals surface area contributed by atoms with E-state index in [1.165, 1.54) is 11.1 Å². The van der Waals surface area contributed by atoms with Gasteiger partial charge in [0.1, 0.15) is 6.04 Å². The number of nitrogens with one attached hydrogen (secondary N) is 1. The topological polar surface area (TPSA) is 45.7 Å². The summed E-state index contributed by atoms with van der Waals surface area (Å²) in [5.41, 5.74) is 4.47. The molecule has 2 aromatic rings. The number of quaternary nitrogens is 1. The molecule has 0 aromatic heterocycles. The van der Waals surface area contributed by atoms with Crippen molar-refractivity contribution >= 4 is 11.6 Å². The summed E-state index contributed by atoms with van der Waals surface area (Å²) in [7, 11) is 0. The summed E-state index contributed by atoms with van der Waals surface area (Å²) in [6.45, 7) is 8.88. The van der Waals surface area contributed by atoms with Crippen LogP contribution in [0.25, 0.3) is 0 Å². The van der Waals surface area contributed by atoms with Gasteiger partial charge in [0.2, 0.25) is 0 Å². The molecule has 0 aliphatic carbocycles. The third-order valence-electron chi connectivity index (χ3n) is 4.12. The van der Waals surface area contributed by atoms with Gasteiger partial charge in [-0.25, -0.2) is 0 Å². The molecule has 0 bridgehead atoms. The molecular formula is C20H27N2O+. The summed E-state index contributed by atoms with van der Waals surface area (Å²) in [6, 6.07) is 16.7. The van der Waals surface area contributed by atoms with E-state index in [1.54, 1.807) is 0 Å². The van der Waals surface area contributed by atoms with Crippen molar-refractivity contribution < 1.29 is 10.1 Å². The van der Waals surface area contributed by atoms with Gasteiger partial charge >= 0.3 is 0 Å². The number of benzene rings is 2. The quantitative estimate of drug-likeness (QED) is 0.845. The minimum Gasteiger partial charge on any atom is -0.332 e. The van der Waals surface area contributed by atoms with Gasteiger partial charge in [-0.3, -0.25) is 4.79 Å². The van der Waals surface area contributed by atoms with Crippen molar-refractivity contribution in [3.8, 4) is 0 Å². The Labute approximate surface area is 139 Å². The van der Waals surface area contributed by atoms with Crippen LogP contribution < -0.4 is 10.6 Å². The van der Waals surface area contributed by atoms with Gasteiger partial charge in [-0.1, -0.05) is 61.9 Å². The lowest BCUT2D eigenvalue weighted by molar-refractivity contribution is -0.692. The summed E-state index contributed by atoms with van der Waals surface area (Å²) in [6.07, 6.45) is 0. The molecule has 0 radical (unpaired) electrons. The van der Waals surface area contributed by atoms with Crippen molar-refractivity contribution in [3.05, 3.63) is 65.2 Å². The fourth-order valence-corrected chi connectivity index (χ4v) is 2.86. The zero-order valence-electron chi connectivity index (χ0n) is 14.5. The van der Waals surface area contributed by atoms with Crippen molar-refractivity contribution in [1.29, 1.82) is 0 Å². The van der Waals surface area contributed by atoms with Gasteiger partial charge in [-0.2, -0.15) is 0 Å². The van der Waals surface area contributed by atoms with Gasteiger partial charge in [0, 0.05) is 17.2 Å². The van der Waals surface area contributed by atoms with Crippen LogP contribution in [-0.4, -0.2) is 12.5 Å². The summed E-state index contributed by atoms with van der Waals surface area (Å²) in [5.74, 6) is 0.504. The monoisotopic (exact) mass is 311 g/mol. The molecule has 0 saturated heterocycles. The zero-order valence-corrected chi connectivity index (χ0v) is 14.5. The highest BCUT2D eigenvalue weighted by atomic mass is 16.1. The third-order valence-corrected chi connectivity index (χ3v) is 4.12. The molecule has 0 spiro atoms. The molecule has 3 heteroatoms. The van der Waals surface area contributed by atoms with Gasteiger partial charge in [0.05, 0.1) is 0 Å². The fourth-order valence-electron chi connectivity index (χ4n) is 2.86. The molecule has 0 saturated carbocycles. The first-order chi connectivity index (χ1) is 11.0. The molecule has 1 atom stereocenters. The first-order valence-corrected chi connectivity index (χ1v) is 8.22. The molecule has 122 valence electrons. The molecule has 0 unspecified atom stereocenters. The van der Waals surface area contributed by atoms with Crippen LogP contribution in [-0.2, 0) is 4.79 Å². The Balaban J connectivity index is 1.97. The normalized spacial score (nSPS) is 12.2. The van der Waals surface area contributed by atoms with Gasteiger partial charge in [-0.05, 0) is 25.5 Å². The van der Waals surface area contributed by atoms with Crippen LogP contribution in [0.2, 0.25) is 0 Å². The van der Waals surface area contributed by atoms with Crippen molar-refractivity contribution in [1.82, 2.24) is 0 Å². The number of carbonyl (C=O) groups excluding carboxylic acids is 1. The van der Waals surface area contributed by atoms with Gasteiger partial charge in [0.15, 0.2) is 6.54 Å². The highest BCUT2D eigenvalue weighted by molar-refractivity contribution is 5.92. The minimum atomic E-state index is 0.0403. The maximum atomic E-state index is 12.3. The van der Waals surface area contributed by atoms with Crippen LogP contribution in [0.1, 0.15) is 36.6 Å². The smallest absolute Gasteiger partial charge is 0.279 e. The van der Waals surface area contributed by atoms with Crippen molar-refractivity contribution in [2.75, 3.05) is 11.9 Å². The Morgan fingerprint density at radius 3 is 2.39 bits per heavy atom. The van der Waals surface area contributed by atoms with E-state index in [-0.39, 0.29) is 5.91 Å². The molecule has 0 heterocycles. The van der Waals surface area contributed by atoms with E-state index in [0.717, 1.165) is 11.3 Å². The van der Waals surface area contributed by atoms with E-state index in [2.05, 4.69) is 49.6 Å². The Morgan fingerprint density at radius 2 is 1.78 bits per heavy atom. The number of amides is 1. The van der Waals surface area contributed by atoms with E-state index >= 15 is 0 Å². The van der Waals surface area contributed by atoms with E-state index in [9.17, 15) is 4.79 Å². The third kappa shape index (κ3) is 4.93. The predicted octanol–water partition coefficient (Wildman–Crippen LogP) is 3.20. The zero-order chi connectivity index (χ0) is 16.8. The maximum absolute atomic E-state index is 12.3. The maximum Gasteiger partial charge on any atom is 0.279 e. The first kappa shape index (κ1) is 17.2. The van der Waals surface area contributed by atoms with E-state index in [4.69, 9.17) is 0 Å². The summed E-state index contributed by atoms with van der Waals surface area (Å²) < 4.78 is 0. The minimum absolute atomic E-state index is 0.0403. The highest BCUT2D eigenvalue weighted by Crippen LogP contribution is 2.17. The van der Waals surface area contributed by atoms with Gasteiger partial charge in [0.25, 0.3) is 5.91 Å². The number of aryl methyl sites for hydroxylation is 2. The lowest BCUT2D eigenvalue weighted by atomic mass is 9.96. The molecule has 0 aliphatic heterocycles. The molecular weight excluding hydrogens is 284 g/mol. The highest BCUT2D eigenvalue weighted by Gasteiger charge is 2.20. The standard InChI is InChI=1S/C20H26N2O/c1-14(2)20(17-8-6-5-7-9-17)21-13-19(23)22-18-11-10-15(3)12-16(18)4/h5-12,14,20-21H,13H2,1-4H3,(H,22,23)/p+1/t20-/m0/s1. The summed E-state index contributed by atoms with van der Waals surface area (Å²) in [5, 5.41) is 5.14. The largest absolute Gasteiger partial charge is 0.332 e. The van der Waals surface area contributed by atoms with Crippen molar-refractivity contribution in [3.63, 3.8) is 0 Å². The van der Waals surface area contributed by atoms with Crippen LogP contribution in [0.4, 0.5) is 5.69 Å². The number of nitrogens with two attached hydrogens (primary N) is 1. The van der Waals surface area contributed by atoms with Crippen LogP contribution >= 0.6 is 0 Å². The van der Waals surface area contributed by atoms with E-state index in [0.29, 0.717) is 18.5 Å². The number of rotatable bonds is 6. The number of hydrogen-bond acceptors (Lipinski definition) is 1. The number of anilines is 1. The molecule has 0 fully saturated rings. The Kier molecular flexibility index (Phi) is 5.94. The second-order valence-electron chi connectivity index (χ2n) is 6.49. The Hall–Kier alpha value is -2.13. The molecule has 2 aromatic carbocycles. The molecule has 3 N–H and O–H groups in total. The SMILES string of the molecule is Cc1ccc(NC(=O)C[NH2+][C@H](c2ccccc2)C(C)C)c(C)c1. The Morgan fingerprint density at radius 1 is 1.09 bits per heavy atom. The molecule has 2 rings (SSSR count). The van der Waals surface area contributed by atoms with Crippen molar-refractivity contribution in [2.45, 2.75) is 33.7 Å². The number of hydrogen-bond donors (Lipinski definition) is 2.